The van der Waals surface area contributed by atoms with Crippen LogP contribution in [-0.4, -0.2) is 35.2 Å². The summed E-state index contributed by atoms with van der Waals surface area (Å²) >= 11 is 1.87. The maximum Gasteiger partial charge on any atom is 0.0695 e. The molecule has 4 heteroatoms. The maximum absolute atomic E-state index is 6.25. The van der Waals surface area contributed by atoms with Crippen LogP contribution in [0.25, 0.3) is 0 Å². The molecule has 2 aromatic rings. The molecule has 0 spiro atoms. The summed E-state index contributed by atoms with van der Waals surface area (Å²) in [7, 11) is 0. The van der Waals surface area contributed by atoms with E-state index in [2.05, 4.69) is 54.2 Å². The average Bonchev–Trinajstić information content (AvgIpc) is 3.24. The van der Waals surface area contributed by atoms with Gasteiger partial charge in [-0.3, -0.25) is 9.88 Å². The van der Waals surface area contributed by atoms with E-state index >= 15 is 0 Å². The molecule has 0 aliphatic carbocycles. The highest BCUT2D eigenvalue weighted by Gasteiger charge is 2.49. The largest absolute Gasteiger partial charge is 0.375 e. The second-order valence-corrected chi connectivity index (χ2v) is 8.66. The summed E-state index contributed by atoms with van der Waals surface area (Å²) in [5.74, 6) is 0. The zero-order valence-corrected chi connectivity index (χ0v) is 16.5. The van der Waals surface area contributed by atoms with Gasteiger partial charge in [0.15, 0.2) is 0 Å². The number of rotatable bonds is 8. The number of aromatic nitrogens is 1. The van der Waals surface area contributed by atoms with Crippen molar-refractivity contribution in [3.63, 3.8) is 0 Å². The van der Waals surface area contributed by atoms with E-state index < -0.39 is 0 Å². The van der Waals surface area contributed by atoms with Gasteiger partial charge >= 0.3 is 0 Å². The Morgan fingerprint density at radius 2 is 2.20 bits per heavy atom. The average molecular weight is 359 g/mol. The fourth-order valence-corrected chi connectivity index (χ4v) is 4.88. The van der Waals surface area contributed by atoms with Crippen LogP contribution in [0, 0.1) is 5.41 Å². The van der Waals surface area contributed by atoms with Crippen molar-refractivity contribution in [2.24, 2.45) is 5.41 Å². The number of nitrogens with zero attached hydrogens (tertiary/aromatic N) is 2. The van der Waals surface area contributed by atoms with Crippen LogP contribution >= 0.6 is 11.3 Å². The molecule has 3 heterocycles. The SMILES string of the molecule is CCOC(C)(C)[C@@]1(CCc2cccs2)CCN(Cc2cccnc2)C1. The molecule has 3 nitrogen and oxygen atoms in total. The summed E-state index contributed by atoms with van der Waals surface area (Å²) in [5, 5.41) is 2.18. The lowest BCUT2D eigenvalue weighted by atomic mass is 9.69. The van der Waals surface area contributed by atoms with Gasteiger partial charge in [0.2, 0.25) is 0 Å². The molecule has 0 N–H and O–H groups in total. The summed E-state index contributed by atoms with van der Waals surface area (Å²) in [6, 6.07) is 8.62. The standard InChI is InChI=1S/C21H30N2OS/c1-4-24-20(2,3)21(10-9-19-8-6-14-25-19)11-13-23(17-21)16-18-7-5-12-22-15-18/h5-8,12,14-15H,4,9-11,13,16-17H2,1-3H3/t21-/m0/s1. The van der Waals surface area contributed by atoms with E-state index in [4.69, 9.17) is 4.74 Å². The van der Waals surface area contributed by atoms with E-state index in [1.807, 2.05) is 29.8 Å². The minimum atomic E-state index is -0.108. The molecule has 25 heavy (non-hydrogen) atoms. The molecule has 0 radical (unpaired) electrons. The van der Waals surface area contributed by atoms with Crippen molar-refractivity contribution in [1.29, 1.82) is 0 Å². The zero-order chi connectivity index (χ0) is 17.8. The van der Waals surface area contributed by atoms with Gasteiger partial charge in [0, 0.05) is 42.4 Å². The highest BCUT2D eigenvalue weighted by atomic mass is 32.1. The zero-order valence-electron chi connectivity index (χ0n) is 15.7. The fraction of sp³-hybridized carbons (Fsp3) is 0.571. The van der Waals surface area contributed by atoms with Crippen LogP contribution in [0.15, 0.2) is 42.0 Å². The van der Waals surface area contributed by atoms with Gasteiger partial charge in [-0.15, -0.1) is 11.3 Å². The Balaban J connectivity index is 1.73. The number of pyridine rings is 1. The van der Waals surface area contributed by atoms with Crippen LogP contribution in [0.4, 0.5) is 0 Å². The normalized spacial score (nSPS) is 21.7. The van der Waals surface area contributed by atoms with Gasteiger partial charge in [-0.25, -0.2) is 0 Å². The Labute approximate surface area is 156 Å². The highest BCUT2D eigenvalue weighted by Crippen LogP contribution is 2.46. The number of likely N-dealkylation sites (tertiary alicyclic amines) is 1. The van der Waals surface area contributed by atoms with Gasteiger partial charge in [-0.1, -0.05) is 12.1 Å². The Hall–Kier alpha value is -1.23. The first-order valence-corrected chi connectivity index (χ1v) is 10.2. The molecule has 3 rings (SSSR count). The second-order valence-electron chi connectivity index (χ2n) is 7.62. The lowest BCUT2D eigenvalue weighted by Crippen LogP contribution is -2.48. The first-order chi connectivity index (χ1) is 12.0. The molecular weight excluding hydrogens is 328 g/mol. The molecule has 0 unspecified atom stereocenters. The Morgan fingerprint density at radius 1 is 1.32 bits per heavy atom. The summed E-state index contributed by atoms with van der Waals surface area (Å²) < 4.78 is 6.25. The minimum absolute atomic E-state index is 0.108. The lowest BCUT2D eigenvalue weighted by molar-refractivity contribution is -0.107. The molecule has 0 saturated carbocycles. The van der Waals surface area contributed by atoms with Crippen LogP contribution in [0.2, 0.25) is 0 Å². The highest BCUT2D eigenvalue weighted by molar-refractivity contribution is 7.09. The van der Waals surface area contributed by atoms with E-state index in [1.54, 1.807) is 0 Å². The van der Waals surface area contributed by atoms with E-state index in [1.165, 1.54) is 23.3 Å². The molecule has 136 valence electrons. The van der Waals surface area contributed by atoms with E-state index in [9.17, 15) is 0 Å². The van der Waals surface area contributed by atoms with E-state index in [0.29, 0.717) is 0 Å². The number of hydrogen-bond acceptors (Lipinski definition) is 4. The molecule has 1 saturated heterocycles. The lowest BCUT2D eigenvalue weighted by Gasteiger charge is -2.44. The molecule has 0 bridgehead atoms. The van der Waals surface area contributed by atoms with Crippen molar-refractivity contribution in [3.05, 3.63) is 52.5 Å². The molecule has 1 aliphatic rings. The van der Waals surface area contributed by atoms with Crippen molar-refractivity contribution in [2.75, 3.05) is 19.7 Å². The summed E-state index contributed by atoms with van der Waals surface area (Å²) in [4.78, 5) is 8.32. The third-order valence-corrected chi connectivity index (χ3v) is 6.71. The number of aryl methyl sites for hydroxylation is 1. The number of hydrogen-bond donors (Lipinski definition) is 0. The van der Waals surface area contributed by atoms with Crippen LogP contribution in [0.1, 0.15) is 44.1 Å². The van der Waals surface area contributed by atoms with Gasteiger partial charge in [-0.05, 0) is 69.7 Å². The van der Waals surface area contributed by atoms with Gasteiger partial charge in [-0.2, -0.15) is 0 Å². The van der Waals surface area contributed by atoms with E-state index in [-0.39, 0.29) is 11.0 Å². The third-order valence-electron chi connectivity index (χ3n) is 5.77. The first-order valence-electron chi connectivity index (χ1n) is 9.32. The van der Waals surface area contributed by atoms with Crippen LogP contribution in [0.5, 0.6) is 0 Å². The Kier molecular flexibility index (Phi) is 5.92. The first kappa shape index (κ1) is 18.6. The minimum Gasteiger partial charge on any atom is -0.375 e. The van der Waals surface area contributed by atoms with Crippen LogP contribution in [0.3, 0.4) is 0 Å². The Bertz CT molecular complexity index is 641. The molecule has 0 aromatic carbocycles. The molecule has 1 atom stereocenters. The van der Waals surface area contributed by atoms with E-state index in [0.717, 1.165) is 32.7 Å². The summed E-state index contributed by atoms with van der Waals surface area (Å²) in [6.45, 7) is 10.7. The predicted molar refractivity (Wildman–Crippen MR) is 105 cm³/mol. The van der Waals surface area contributed by atoms with Gasteiger partial charge < -0.3 is 4.74 Å². The third kappa shape index (κ3) is 4.30. The van der Waals surface area contributed by atoms with Crippen molar-refractivity contribution in [3.8, 4) is 0 Å². The monoisotopic (exact) mass is 358 g/mol. The number of ether oxygens (including phenoxy) is 1. The van der Waals surface area contributed by atoms with Crippen molar-refractivity contribution < 1.29 is 4.74 Å². The molecular formula is C21H30N2OS. The molecule has 1 aliphatic heterocycles. The van der Waals surface area contributed by atoms with Gasteiger partial charge in [0.25, 0.3) is 0 Å². The smallest absolute Gasteiger partial charge is 0.0695 e. The van der Waals surface area contributed by atoms with Crippen molar-refractivity contribution in [1.82, 2.24) is 9.88 Å². The fourth-order valence-electron chi connectivity index (χ4n) is 4.17. The molecule has 2 aromatic heterocycles. The molecule has 0 amide bonds. The van der Waals surface area contributed by atoms with Crippen molar-refractivity contribution in [2.45, 2.75) is 52.2 Å². The maximum atomic E-state index is 6.25. The number of thiophene rings is 1. The molecule has 1 fully saturated rings. The van der Waals surface area contributed by atoms with Gasteiger partial charge in [0.1, 0.15) is 0 Å². The predicted octanol–water partition coefficient (Wildman–Crippen LogP) is 4.78. The van der Waals surface area contributed by atoms with Gasteiger partial charge in [0.05, 0.1) is 5.60 Å². The Morgan fingerprint density at radius 3 is 2.88 bits per heavy atom. The quantitative estimate of drug-likeness (QED) is 0.679. The van der Waals surface area contributed by atoms with Crippen LogP contribution in [-0.2, 0) is 17.7 Å². The second kappa shape index (κ2) is 7.98. The van der Waals surface area contributed by atoms with Crippen LogP contribution < -0.4 is 0 Å². The summed E-state index contributed by atoms with van der Waals surface area (Å²) in [6.07, 6.45) is 7.36. The summed E-state index contributed by atoms with van der Waals surface area (Å²) in [5.41, 5.74) is 1.39. The topological polar surface area (TPSA) is 25.4 Å². The van der Waals surface area contributed by atoms with Crippen molar-refractivity contribution >= 4 is 11.3 Å².